The van der Waals surface area contributed by atoms with E-state index in [-0.39, 0.29) is 10.9 Å². The minimum Gasteiger partial charge on any atom is -0.386 e. The summed E-state index contributed by atoms with van der Waals surface area (Å²) in [5.41, 5.74) is 5.79. The Hall–Kier alpha value is -1.97. The van der Waals surface area contributed by atoms with Gasteiger partial charge in [0.25, 0.3) is 5.69 Å². The van der Waals surface area contributed by atoms with Crippen LogP contribution >= 0.6 is 11.8 Å². The molecule has 0 aromatic heterocycles. The molecule has 1 aromatic carbocycles. The Bertz CT molecular complexity index is 530. The highest BCUT2D eigenvalue weighted by Gasteiger charge is 2.28. The van der Waals surface area contributed by atoms with Gasteiger partial charge in [-0.2, -0.15) is 0 Å². The summed E-state index contributed by atoms with van der Waals surface area (Å²) in [7, 11) is 0. The second-order valence-electron chi connectivity index (χ2n) is 3.63. The number of nitro benzene ring substituents is 1. The van der Waals surface area contributed by atoms with Crippen molar-refractivity contribution in [3.05, 3.63) is 34.4 Å². The van der Waals surface area contributed by atoms with Gasteiger partial charge >= 0.3 is 0 Å². The summed E-state index contributed by atoms with van der Waals surface area (Å²) in [5, 5.41) is 10.2. The molecule has 9 heteroatoms. The fourth-order valence-electron chi connectivity index (χ4n) is 1.48. The number of non-ortho nitro benzene ring substituents is 1. The van der Waals surface area contributed by atoms with E-state index in [0.29, 0.717) is 5.84 Å². The Morgan fingerprint density at radius 2 is 2.05 bits per heavy atom. The number of thioether (sulfide) groups is 1. The summed E-state index contributed by atoms with van der Waals surface area (Å²) in [6, 6.07) is 6.09. The third kappa shape index (κ3) is 3.08. The first kappa shape index (κ1) is 13.5. The molecule has 0 amide bonds. The van der Waals surface area contributed by atoms with Gasteiger partial charge in [0, 0.05) is 17.0 Å². The Morgan fingerprint density at radius 3 is 2.63 bits per heavy atom. The lowest BCUT2D eigenvalue weighted by Gasteiger charge is -2.23. The lowest BCUT2D eigenvalue weighted by atomic mass is 10.3. The number of nitrogens with zero attached hydrogens (tertiary/aromatic N) is 3. The van der Waals surface area contributed by atoms with Crippen LogP contribution in [0.15, 0.2) is 39.1 Å². The second-order valence-corrected chi connectivity index (χ2v) is 4.85. The molecule has 0 spiro atoms. The van der Waals surface area contributed by atoms with Crippen LogP contribution in [0.5, 0.6) is 0 Å². The molecule has 2 unspecified atom stereocenters. The number of hydrogen-bond acceptors (Lipinski definition) is 8. The molecule has 0 aliphatic carbocycles. The topological polar surface area (TPSA) is 129 Å². The van der Waals surface area contributed by atoms with Crippen LogP contribution in [-0.2, 0) is 4.84 Å². The lowest BCUT2D eigenvalue weighted by molar-refractivity contribution is -0.384. The molecule has 0 fully saturated rings. The zero-order valence-electron chi connectivity index (χ0n) is 9.67. The fourth-order valence-corrected chi connectivity index (χ4v) is 2.50. The van der Waals surface area contributed by atoms with E-state index < -0.39 is 11.2 Å². The van der Waals surface area contributed by atoms with Crippen molar-refractivity contribution in [1.29, 1.82) is 0 Å². The van der Waals surface area contributed by atoms with Crippen LogP contribution in [0, 0.1) is 10.1 Å². The standard InChI is InChI=1S/C10H11N5O3S/c11-9-8(10(18-12)14-5-13-9)19-7-3-1-6(2-4-7)15(16)17/h1-5,8,10H,12H2,(H2,11,13,14). The molecule has 0 radical (unpaired) electrons. The highest BCUT2D eigenvalue weighted by atomic mass is 32.2. The van der Waals surface area contributed by atoms with E-state index >= 15 is 0 Å². The number of rotatable bonds is 4. The quantitative estimate of drug-likeness (QED) is 0.616. The largest absolute Gasteiger partial charge is 0.386 e. The predicted octanol–water partition coefficient (Wildman–Crippen LogP) is 0.671. The maximum atomic E-state index is 10.6. The van der Waals surface area contributed by atoms with Crippen LogP contribution in [0.3, 0.4) is 0 Å². The number of benzene rings is 1. The Balaban J connectivity index is 2.13. The smallest absolute Gasteiger partial charge is 0.269 e. The Kier molecular flexibility index (Phi) is 4.10. The van der Waals surface area contributed by atoms with Crippen LogP contribution < -0.4 is 11.6 Å². The molecular formula is C10H11N5O3S. The first-order valence-electron chi connectivity index (χ1n) is 5.23. The van der Waals surface area contributed by atoms with Gasteiger partial charge in [0.15, 0.2) is 6.23 Å². The SMILES string of the molecule is NOC1N=CN=C(N)C1Sc1ccc([N+](=O)[O-])cc1. The summed E-state index contributed by atoms with van der Waals surface area (Å²) < 4.78 is 0. The van der Waals surface area contributed by atoms with Gasteiger partial charge in [0.05, 0.1) is 4.92 Å². The van der Waals surface area contributed by atoms with E-state index in [4.69, 9.17) is 16.5 Å². The molecule has 0 saturated heterocycles. The van der Waals surface area contributed by atoms with E-state index in [1.54, 1.807) is 12.1 Å². The first-order valence-corrected chi connectivity index (χ1v) is 6.11. The van der Waals surface area contributed by atoms with Crippen molar-refractivity contribution in [2.45, 2.75) is 16.4 Å². The van der Waals surface area contributed by atoms with Gasteiger partial charge in [-0.25, -0.2) is 15.9 Å². The third-order valence-corrected chi connectivity index (χ3v) is 3.69. The molecule has 0 bridgehead atoms. The van der Waals surface area contributed by atoms with Crippen molar-refractivity contribution >= 4 is 29.6 Å². The van der Waals surface area contributed by atoms with Gasteiger partial charge < -0.3 is 5.73 Å². The summed E-state index contributed by atoms with van der Waals surface area (Å²) in [6.45, 7) is 0. The highest BCUT2D eigenvalue weighted by molar-refractivity contribution is 8.00. The fraction of sp³-hybridized carbons (Fsp3) is 0.200. The minimum atomic E-state index is -0.627. The number of nitrogens with two attached hydrogens (primary N) is 2. The van der Waals surface area contributed by atoms with Gasteiger partial charge in [-0.15, -0.1) is 11.8 Å². The number of aliphatic imine (C=N–C) groups is 2. The third-order valence-electron chi connectivity index (χ3n) is 2.42. The molecular weight excluding hydrogens is 270 g/mol. The van der Waals surface area contributed by atoms with Gasteiger partial charge in [-0.1, -0.05) is 0 Å². The van der Waals surface area contributed by atoms with Crippen LogP contribution in [0.4, 0.5) is 5.69 Å². The van der Waals surface area contributed by atoms with Crippen molar-refractivity contribution < 1.29 is 9.76 Å². The summed E-state index contributed by atoms with van der Waals surface area (Å²) in [6.07, 6.45) is 0.664. The van der Waals surface area contributed by atoms with Crippen molar-refractivity contribution in [3.63, 3.8) is 0 Å². The molecule has 2 atom stereocenters. The van der Waals surface area contributed by atoms with Gasteiger partial charge in [0.2, 0.25) is 0 Å². The van der Waals surface area contributed by atoms with Crippen molar-refractivity contribution in [3.8, 4) is 0 Å². The van der Waals surface area contributed by atoms with Crippen LogP contribution in [-0.4, -0.2) is 28.6 Å². The molecule has 1 aromatic rings. The van der Waals surface area contributed by atoms with Crippen molar-refractivity contribution in [2.75, 3.05) is 0 Å². The zero-order chi connectivity index (χ0) is 13.8. The predicted molar refractivity (Wildman–Crippen MR) is 71.9 cm³/mol. The number of hydrogen-bond donors (Lipinski definition) is 2. The zero-order valence-corrected chi connectivity index (χ0v) is 10.5. The molecule has 0 saturated carbocycles. The van der Waals surface area contributed by atoms with Crippen molar-refractivity contribution in [1.82, 2.24) is 0 Å². The Labute approximate surface area is 112 Å². The second kappa shape index (κ2) is 5.78. The van der Waals surface area contributed by atoms with Gasteiger partial charge in [-0.3, -0.25) is 15.0 Å². The molecule has 1 aliphatic rings. The van der Waals surface area contributed by atoms with Crippen LogP contribution in [0.2, 0.25) is 0 Å². The maximum absolute atomic E-state index is 10.6. The van der Waals surface area contributed by atoms with Crippen LogP contribution in [0.1, 0.15) is 0 Å². The first-order chi connectivity index (χ1) is 9.11. The lowest BCUT2D eigenvalue weighted by Crippen LogP contribution is -2.40. The molecule has 1 aliphatic heterocycles. The van der Waals surface area contributed by atoms with Crippen molar-refractivity contribution in [2.24, 2.45) is 21.6 Å². The van der Waals surface area contributed by atoms with Gasteiger partial charge in [-0.05, 0) is 12.1 Å². The van der Waals surface area contributed by atoms with E-state index in [1.807, 2.05) is 0 Å². The molecule has 8 nitrogen and oxygen atoms in total. The molecule has 1 heterocycles. The minimum absolute atomic E-state index is 0.0271. The van der Waals surface area contributed by atoms with Gasteiger partial charge in [0.1, 0.15) is 17.4 Å². The highest BCUT2D eigenvalue weighted by Crippen LogP contribution is 2.29. The monoisotopic (exact) mass is 281 g/mol. The van der Waals surface area contributed by atoms with Crippen LogP contribution in [0.25, 0.3) is 0 Å². The molecule has 19 heavy (non-hydrogen) atoms. The average molecular weight is 281 g/mol. The summed E-state index contributed by atoms with van der Waals surface area (Å²) in [5.74, 6) is 5.49. The maximum Gasteiger partial charge on any atom is 0.269 e. The molecule has 4 N–H and O–H groups in total. The van der Waals surface area contributed by atoms with E-state index in [2.05, 4.69) is 9.98 Å². The molecule has 2 rings (SSSR count). The number of amidine groups is 1. The summed E-state index contributed by atoms with van der Waals surface area (Å²) >= 11 is 1.33. The number of nitro groups is 1. The van der Waals surface area contributed by atoms with E-state index in [0.717, 1.165) is 4.90 Å². The Morgan fingerprint density at radius 1 is 1.37 bits per heavy atom. The average Bonchev–Trinajstić information content (AvgIpc) is 2.41. The van der Waals surface area contributed by atoms with E-state index in [9.17, 15) is 10.1 Å². The van der Waals surface area contributed by atoms with E-state index in [1.165, 1.54) is 30.2 Å². The normalized spacial score (nSPS) is 22.1. The summed E-state index contributed by atoms with van der Waals surface area (Å²) in [4.78, 5) is 23.4. The molecule has 100 valence electrons.